The van der Waals surface area contributed by atoms with Gasteiger partial charge in [-0.15, -0.1) is 0 Å². The fraction of sp³-hybridized carbons (Fsp3) is 0.615. The van der Waals surface area contributed by atoms with Gasteiger partial charge in [-0.25, -0.2) is 22.9 Å². The van der Waals surface area contributed by atoms with Crippen molar-refractivity contribution in [3.05, 3.63) is 41.1 Å². The third kappa shape index (κ3) is 4.23. The van der Waals surface area contributed by atoms with Crippen LogP contribution in [0, 0.1) is 30.1 Å². The fourth-order valence-corrected chi connectivity index (χ4v) is 6.42. The molecule has 0 aromatic carbocycles. The van der Waals surface area contributed by atoms with Crippen LogP contribution in [0.5, 0.6) is 0 Å². The maximum absolute atomic E-state index is 13.9. The van der Waals surface area contributed by atoms with Crippen LogP contribution in [0.4, 0.5) is 8.78 Å². The minimum Gasteiger partial charge on any atom is -0.349 e. The molecule has 0 radical (unpaired) electrons. The van der Waals surface area contributed by atoms with Gasteiger partial charge in [-0.3, -0.25) is 9.59 Å². The number of nitrogens with zero attached hydrogens (tertiary/aromatic N) is 5. The lowest BCUT2D eigenvalue weighted by Gasteiger charge is -2.33. The molecule has 2 amide bonds. The molecule has 3 saturated carbocycles. The maximum Gasteiger partial charge on any atom is 0.276 e. The molecule has 202 valence electrons. The number of hydrogen-bond donors (Lipinski definition) is 2. The summed E-state index contributed by atoms with van der Waals surface area (Å²) in [5.74, 6) is -2.22. The molecule has 0 bridgehead atoms. The number of rotatable bonds is 7. The predicted octanol–water partition coefficient (Wildman–Crippen LogP) is 3.94. The normalized spacial score (nSPS) is 27.7. The van der Waals surface area contributed by atoms with Crippen molar-refractivity contribution in [3.8, 4) is 0 Å². The van der Waals surface area contributed by atoms with Crippen molar-refractivity contribution < 1.29 is 23.0 Å². The SMILES string of the molecule is Cc1nonc1C(=O)N[C@H](c1cn2ncc([C@@H](C)NC(=O)[C@@]34C[C@@H]3[C@@H](C)C4)cc2n1)C1CCC(F)(F)CC1. The molecule has 3 aromatic heterocycles. The van der Waals surface area contributed by atoms with Crippen molar-refractivity contribution in [2.24, 2.45) is 23.2 Å². The zero-order chi connectivity index (χ0) is 26.8. The number of carbonyl (C=O) groups is 2. The van der Waals surface area contributed by atoms with E-state index in [1.807, 2.05) is 13.0 Å². The van der Waals surface area contributed by atoms with Crippen molar-refractivity contribution >= 4 is 17.5 Å². The number of hydrogen-bond acceptors (Lipinski definition) is 7. The number of alkyl halides is 2. The van der Waals surface area contributed by atoms with Gasteiger partial charge < -0.3 is 10.6 Å². The molecule has 2 N–H and O–H groups in total. The Morgan fingerprint density at radius 1 is 1.18 bits per heavy atom. The van der Waals surface area contributed by atoms with Crippen LogP contribution in [-0.2, 0) is 4.79 Å². The Balaban J connectivity index is 1.23. The summed E-state index contributed by atoms with van der Waals surface area (Å²) in [7, 11) is 0. The average Bonchev–Trinajstić information content (AvgIpc) is 3.14. The van der Waals surface area contributed by atoms with E-state index >= 15 is 0 Å². The molecule has 0 spiro atoms. The maximum atomic E-state index is 13.9. The first kappa shape index (κ1) is 24.9. The smallest absolute Gasteiger partial charge is 0.276 e. The second-order valence-corrected chi connectivity index (χ2v) is 11.4. The van der Waals surface area contributed by atoms with E-state index in [1.54, 1.807) is 23.8 Å². The highest BCUT2D eigenvalue weighted by Gasteiger charge is 2.69. The Kier molecular flexibility index (Phi) is 5.76. The standard InChI is InChI=1S/C26H31F2N7O3/c1-13-9-25(10-18(13)25)24(37)30-14(2)17-8-20-31-19(12-35(20)29-11-17)22(16-4-6-26(27,28)7-5-16)32-23(36)21-15(3)33-38-34-21/h8,11-14,16,18,22H,4-7,9-10H2,1-3H3,(H,30,37)(H,32,36)/t13-,14+,18+,22-,25-/m0/s1. The van der Waals surface area contributed by atoms with Crippen LogP contribution >= 0.6 is 0 Å². The minimum atomic E-state index is -2.70. The minimum absolute atomic E-state index is 0.0445. The molecule has 3 aliphatic carbocycles. The first-order valence-corrected chi connectivity index (χ1v) is 13.2. The van der Waals surface area contributed by atoms with Crippen molar-refractivity contribution in [1.82, 2.24) is 35.5 Å². The number of aromatic nitrogens is 5. The van der Waals surface area contributed by atoms with Gasteiger partial charge >= 0.3 is 0 Å². The molecule has 3 aromatic rings. The van der Waals surface area contributed by atoms with Gasteiger partial charge in [-0.05, 0) is 74.1 Å². The van der Waals surface area contributed by atoms with Crippen molar-refractivity contribution in [1.29, 1.82) is 0 Å². The quantitative estimate of drug-likeness (QED) is 0.476. The Morgan fingerprint density at radius 2 is 1.95 bits per heavy atom. The topological polar surface area (TPSA) is 127 Å². The van der Waals surface area contributed by atoms with Gasteiger partial charge in [0.05, 0.1) is 35.6 Å². The summed E-state index contributed by atoms with van der Waals surface area (Å²) in [5.41, 5.74) is 2.08. The molecule has 3 aliphatic rings. The number of imidazole rings is 1. The Labute approximate surface area is 217 Å². The number of halogens is 2. The second-order valence-electron chi connectivity index (χ2n) is 11.4. The van der Waals surface area contributed by atoms with Gasteiger partial charge in [0.2, 0.25) is 11.8 Å². The van der Waals surface area contributed by atoms with Crippen LogP contribution < -0.4 is 10.6 Å². The summed E-state index contributed by atoms with van der Waals surface area (Å²) >= 11 is 0. The average molecular weight is 528 g/mol. The third-order valence-electron chi connectivity index (χ3n) is 8.87. The molecule has 3 heterocycles. The summed E-state index contributed by atoms with van der Waals surface area (Å²) in [4.78, 5) is 30.5. The zero-order valence-electron chi connectivity index (χ0n) is 21.6. The molecular weight excluding hydrogens is 496 g/mol. The van der Waals surface area contributed by atoms with Crippen molar-refractivity contribution in [2.75, 3.05) is 0 Å². The van der Waals surface area contributed by atoms with Gasteiger partial charge in [0.1, 0.15) is 5.69 Å². The highest BCUT2D eigenvalue weighted by molar-refractivity contribution is 5.93. The molecule has 0 saturated heterocycles. The monoisotopic (exact) mass is 527 g/mol. The Morgan fingerprint density at radius 3 is 2.58 bits per heavy atom. The van der Waals surface area contributed by atoms with E-state index in [9.17, 15) is 18.4 Å². The van der Waals surface area contributed by atoms with E-state index in [0.717, 1.165) is 18.4 Å². The van der Waals surface area contributed by atoms with Crippen LogP contribution in [-0.4, -0.2) is 42.6 Å². The van der Waals surface area contributed by atoms with Crippen LogP contribution in [0.3, 0.4) is 0 Å². The molecule has 0 aliphatic heterocycles. The number of fused-ring (bicyclic) bond motifs is 2. The van der Waals surface area contributed by atoms with E-state index in [-0.39, 0.29) is 54.7 Å². The summed E-state index contributed by atoms with van der Waals surface area (Å²) in [6, 6.07) is 0.987. The predicted molar refractivity (Wildman–Crippen MR) is 130 cm³/mol. The highest BCUT2D eigenvalue weighted by atomic mass is 19.3. The van der Waals surface area contributed by atoms with E-state index in [4.69, 9.17) is 4.98 Å². The van der Waals surface area contributed by atoms with E-state index < -0.39 is 17.9 Å². The van der Waals surface area contributed by atoms with Gasteiger partial charge in [-0.2, -0.15) is 5.10 Å². The first-order chi connectivity index (χ1) is 18.1. The summed E-state index contributed by atoms with van der Waals surface area (Å²) in [6.45, 7) is 5.72. The zero-order valence-corrected chi connectivity index (χ0v) is 21.6. The summed E-state index contributed by atoms with van der Waals surface area (Å²) in [6.07, 6.45) is 5.30. The van der Waals surface area contributed by atoms with E-state index in [0.29, 0.717) is 28.9 Å². The molecule has 3 fully saturated rings. The fourth-order valence-electron chi connectivity index (χ4n) is 6.42. The van der Waals surface area contributed by atoms with Gasteiger partial charge in [0, 0.05) is 12.8 Å². The highest BCUT2D eigenvalue weighted by Crippen LogP contribution is 2.70. The largest absolute Gasteiger partial charge is 0.349 e. The van der Waals surface area contributed by atoms with E-state index in [1.165, 1.54) is 0 Å². The number of carbonyl (C=O) groups excluding carboxylic acids is 2. The molecule has 0 unspecified atom stereocenters. The Hall–Kier alpha value is -3.44. The lowest BCUT2D eigenvalue weighted by atomic mass is 9.75. The molecular formula is C26H31F2N7O3. The van der Waals surface area contributed by atoms with Gasteiger partial charge in [0.15, 0.2) is 11.3 Å². The number of amides is 2. The molecule has 38 heavy (non-hydrogen) atoms. The Bertz CT molecular complexity index is 1390. The van der Waals surface area contributed by atoms with Crippen LogP contribution in [0.2, 0.25) is 0 Å². The second kappa shape index (κ2) is 8.81. The lowest BCUT2D eigenvalue weighted by Crippen LogP contribution is -2.41. The van der Waals surface area contributed by atoms with Crippen molar-refractivity contribution in [2.45, 2.75) is 77.3 Å². The molecule has 6 rings (SSSR count). The van der Waals surface area contributed by atoms with Gasteiger partial charge in [0.25, 0.3) is 5.91 Å². The number of nitrogens with one attached hydrogen (secondary N) is 2. The van der Waals surface area contributed by atoms with E-state index in [2.05, 4.69) is 37.6 Å². The van der Waals surface area contributed by atoms with Crippen LogP contribution in [0.1, 0.15) is 91.9 Å². The third-order valence-corrected chi connectivity index (χ3v) is 8.87. The molecule has 10 nitrogen and oxygen atoms in total. The molecule has 5 atom stereocenters. The van der Waals surface area contributed by atoms with Gasteiger partial charge in [-0.1, -0.05) is 12.1 Å². The number of aryl methyl sites for hydroxylation is 1. The summed E-state index contributed by atoms with van der Waals surface area (Å²) < 4.78 is 34.1. The first-order valence-electron chi connectivity index (χ1n) is 13.2. The summed E-state index contributed by atoms with van der Waals surface area (Å²) in [5, 5.41) is 17.9. The van der Waals surface area contributed by atoms with Crippen molar-refractivity contribution in [3.63, 3.8) is 0 Å². The van der Waals surface area contributed by atoms with Crippen LogP contribution in [0.15, 0.2) is 23.1 Å². The van der Waals surface area contributed by atoms with Crippen LogP contribution in [0.25, 0.3) is 5.65 Å². The molecule has 12 heteroatoms. The lowest BCUT2D eigenvalue weighted by molar-refractivity contribution is -0.131.